The highest BCUT2D eigenvalue weighted by Crippen LogP contribution is 2.19. The van der Waals surface area contributed by atoms with Gasteiger partial charge in [0.25, 0.3) is 0 Å². The van der Waals surface area contributed by atoms with E-state index in [0.717, 1.165) is 49.7 Å². The van der Waals surface area contributed by atoms with Crippen LogP contribution in [0, 0.1) is 5.92 Å². The summed E-state index contributed by atoms with van der Waals surface area (Å²) in [6.45, 7) is 3.57. The Morgan fingerprint density at radius 3 is 3.15 bits per heavy atom. The summed E-state index contributed by atoms with van der Waals surface area (Å²) in [5, 5.41) is 4.10. The van der Waals surface area contributed by atoms with Crippen LogP contribution in [0.4, 0.5) is 0 Å². The number of rotatable bonds is 5. The molecule has 1 saturated heterocycles. The average molecular weight is 273 g/mol. The van der Waals surface area contributed by atoms with Gasteiger partial charge in [-0.15, -0.1) is 0 Å². The summed E-state index contributed by atoms with van der Waals surface area (Å²) in [4.78, 5) is 6.35. The largest absolute Gasteiger partial charge is 0.381 e. The average Bonchev–Trinajstić information content (AvgIpc) is 3.11. The van der Waals surface area contributed by atoms with Crippen molar-refractivity contribution in [2.75, 3.05) is 26.8 Å². The highest BCUT2D eigenvalue weighted by molar-refractivity contribution is 5.57. The third kappa shape index (κ3) is 3.23. The van der Waals surface area contributed by atoms with Crippen molar-refractivity contribution in [2.24, 2.45) is 5.92 Å². The molecule has 20 heavy (non-hydrogen) atoms. The lowest BCUT2D eigenvalue weighted by Gasteiger charge is -2.18. The van der Waals surface area contributed by atoms with Crippen LogP contribution >= 0.6 is 0 Å². The molecule has 0 aromatic carbocycles. The molecule has 0 aliphatic carbocycles. The van der Waals surface area contributed by atoms with Crippen LogP contribution in [0.1, 0.15) is 12.2 Å². The van der Waals surface area contributed by atoms with Crippen molar-refractivity contribution in [1.29, 1.82) is 0 Å². The first-order chi connectivity index (χ1) is 9.81. The van der Waals surface area contributed by atoms with Crippen molar-refractivity contribution in [2.45, 2.75) is 13.0 Å². The lowest BCUT2D eigenvalue weighted by atomic mass is 10.1. The maximum atomic E-state index is 5.40. The Kier molecular flexibility index (Phi) is 4.08. The molecule has 2 aromatic heterocycles. The highest BCUT2D eigenvalue weighted by Gasteiger charge is 2.18. The molecule has 0 saturated carbocycles. The number of ether oxygens (including phenoxy) is 1. The van der Waals surface area contributed by atoms with Gasteiger partial charge < -0.3 is 9.26 Å². The Morgan fingerprint density at radius 1 is 1.45 bits per heavy atom. The zero-order valence-electron chi connectivity index (χ0n) is 11.7. The molecule has 2 aromatic rings. The second kappa shape index (κ2) is 6.15. The number of hydrogen-bond acceptors (Lipinski definition) is 5. The summed E-state index contributed by atoms with van der Waals surface area (Å²) >= 11 is 0. The number of pyridine rings is 1. The molecule has 0 spiro atoms. The Bertz CT molecular complexity index is 535. The van der Waals surface area contributed by atoms with Crippen LogP contribution in [0.3, 0.4) is 0 Å². The topological polar surface area (TPSA) is 51.4 Å². The fraction of sp³-hybridized carbons (Fsp3) is 0.467. The Hall–Kier alpha value is -1.72. The first-order valence-corrected chi connectivity index (χ1v) is 6.93. The van der Waals surface area contributed by atoms with Gasteiger partial charge in [0, 0.05) is 37.2 Å². The molecule has 0 amide bonds. The highest BCUT2D eigenvalue weighted by atomic mass is 16.5. The van der Waals surface area contributed by atoms with Crippen LogP contribution in [0.15, 0.2) is 35.1 Å². The molecule has 3 rings (SSSR count). The normalized spacial score (nSPS) is 18.8. The minimum atomic E-state index is 0.640. The zero-order valence-corrected chi connectivity index (χ0v) is 11.7. The van der Waals surface area contributed by atoms with Crippen LogP contribution in [0.2, 0.25) is 0 Å². The van der Waals surface area contributed by atoms with E-state index in [9.17, 15) is 0 Å². The Balaban J connectivity index is 1.59. The van der Waals surface area contributed by atoms with E-state index in [2.05, 4.69) is 22.1 Å². The van der Waals surface area contributed by atoms with E-state index in [1.807, 2.05) is 18.2 Å². The third-order valence-electron chi connectivity index (χ3n) is 3.54. The van der Waals surface area contributed by atoms with Crippen molar-refractivity contribution >= 4 is 0 Å². The number of nitrogens with zero attached hydrogens (tertiary/aromatic N) is 3. The van der Waals surface area contributed by atoms with Gasteiger partial charge in [-0.3, -0.25) is 9.88 Å². The summed E-state index contributed by atoms with van der Waals surface area (Å²) in [5.41, 5.74) is 1.82. The van der Waals surface area contributed by atoms with Crippen LogP contribution in [-0.2, 0) is 11.3 Å². The first kappa shape index (κ1) is 13.3. The van der Waals surface area contributed by atoms with Gasteiger partial charge in [-0.2, -0.15) is 0 Å². The van der Waals surface area contributed by atoms with E-state index in [1.54, 1.807) is 12.4 Å². The zero-order chi connectivity index (χ0) is 13.8. The molecule has 1 atom stereocenters. The van der Waals surface area contributed by atoms with E-state index in [4.69, 9.17) is 9.26 Å². The molecule has 5 heteroatoms. The molecule has 1 fully saturated rings. The fourth-order valence-corrected chi connectivity index (χ4v) is 2.54. The second-order valence-electron chi connectivity index (χ2n) is 5.35. The van der Waals surface area contributed by atoms with E-state index in [-0.39, 0.29) is 0 Å². The molecule has 3 heterocycles. The minimum Gasteiger partial charge on any atom is -0.381 e. The lowest BCUT2D eigenvalue weighted by molar-refractivity contribution is 0.169. The summed E-state index contributed by atoms with van der Waals surface area (Å²) < 4.78 is 10.8. The van der Waals surface area contributed by atoms with Gasteiger partial charge >= 0.3 is 0 Å². The van der Waals surface area contributed by atoms with Crippen LogP contribution in [0.25, 0.3) is 11.3 Å². The molecule has 1 aliphatic rings. The van der Waals surface area contributed by atoms with Crippen LogP contribution < -0.4 is 0 Å². The Labute approximate surface area is 118 Å². The van der Waals surface area contributed by atoms with Crippen molar-refractivity contribution in [3.05, 3.63) is 36.4 Å². The first-order valence-electron chi connectivity index (χ1n) is 6.93. The summed E-state index contributed by atoms with van der Waals surface area (Å²) in [7, 11) is 2.10. The van der Waals surface area contributed by atoms with Gasteiger partial charge in [-0.25, -0.2) is 0 Å². The van der Waals surface area contributed by atoms with Gasteiger partial charge in [0.15, 0.2) is 5.76 Å². The molecule has 0 radical (unpaired) electrons. The summed E-state index contributed by atoms with van der Waals surface area (Å²) in [6, 6.07) is 5.86. The minimum absolute atomic E-state index is 0.640. The summed E-state index contributed by atoms with van der Waals surface area (Å²) in [5.74, 6) is 1.52. The van der Waals surface area contributed by atoms with Gasteiger partial charge in [-0.1, -0.05) is 5.16 Å². The lowest BCUT2D eigenvalue weighted by Crippen LogP contribution is -2.25. The van der Waals surface area contributed by atoms with Crippen molar-refractivity contribution in [1.82, 2.24) is 15.0 Å². The van der Waals surface area contributed by atoms with E-state index >= 15 is 0 Å². The van der Waals surface area contributed by atoms with Gasteiger partial charge in [0.1, 0.15) is 5.69 Å². The summed E-state index contributed by atoms with van der Waals surface area (Å²) in [6.07, 6.45) is 4.70. The molecule has 5 nitrogen and oxygen atoms in total. The van der Waals surface area contributed by atoms with Gasteiger partial charge in [0.05, 0.1) is 13.2 Å². The molecule has 106 valence electrons. The fourth-order valence-electron chi connectivity index (χ4n) is 2.54. The maximum absolute atomic E-state index is 5.40. The molecular formula is C15H19N3O2. The molecule has 1 aliphatic heterocycles. The van der Waals surface area contributed by atoms with Crippen molar-refractivity contribution in [3.63, 3.8) is 0 Å². The quantitative estimate of drug-likeness (QED) is 0.836. The van der Waals surface area contributed by atoms with Crippen LogP contribution in [-0.4, -0.2) is 41.8 Å². The third-order valence-corrected chi connectivity index (χ3v) is 3.54. The van der Waals surface area contributed by atoms with E-state index < -0.39 is 0 Å². The SMILES string of the molecule is CN(Cc1cc(-c2cccnc2)no1)C[C@@H]1CCOC1. The van der Waals surface area contributed by atoms with Crippen LogP contribution in [0.5, 0.6) is 0 Å². The van der Waals surface area contributed by atoms with Crippen molar-refractivity contribution < 1.29 is 9.26 Å². The smallest absolute Gasteiger partial charge is 0.151 e. The van der Waals surface area contributed by atoms with Crippen molar-refractivity contribution in [3.8, 4) is 11.3 Å². The predicted molar refractivity (Wildman–Crippen MR) is 75.0 cm³/mol. The maximum Gasteiger partial charge on any atom is 0.151 e. The molecular weight excluding hydrogens is 254 g/mol. The number of hydrogen-bond donors (Lipinski definition) is 0. The number of aromatic nitrogens is 2. The molecule has 0 bridgehead atoms. The molecule has 0 unspecified atom stereocenters. The standard InChI is InChI=1S/C15H19N3O2/c1-18(9-12-4-6-19-11-12)10-14-7-15(17-20-14)13-3-2-5-16-8-13/h2-3,5,7-8,12H,4,6,9-11H2,1H3/t12-/m0/s1. The predicted octanol–water partition coefficient (Wildman–Crippen LogP) is 2.20. The second-order valence-corrected chi connectivity index (χ2v) is 5.35. The van der Waals surface area contributed by atoms with E-state index in [1.165, 1.54) is 0 Å². The van der Waals surface area contributed by atoms with E-state index in [0.29, 0.717) is 5.92 Å². The van der Waals surface area contributed by atoms with Gasteiger partial charge in [0.2, 0.25) is 0 Å². The van der Waals surface area contributed by atoms with Gasteiger partial charge in [-0.05, 0) is 31.5 Å². The Morgan fingerprint density at radius 2 is 2.40 bits per heavy atom. The monoisotopic (exact) mass is 273 g/mol. The molecule has 0 N–H and O–H groups in total.